The third-order valence-corrected chi connectivity index (χ3v) is 3.92. The van der Waals surface area contributed by atoms with Gasteiger partial charge in [-0.1, -0.05) is 0 Å². The number of halogens is 3. The molecule has 0 bridgehead atoms. The Kier molecular flexibility index (Phi) is 4.88. The summed E-state index contributed by atoms with van der Waals surface area (Å²) in [4.78, 5) is 11.9. The van der Waals surface area contributed by atoms with Crippen LogP contribution in [-0.2, 0) is 6.18 Å². The quantitative estimate of drug-likeness (QED) is 0.901. The van der Waals surface area contributed by atoms with Crippen molar-refractivity contribution >= 4 is 5.91 Å². The average molecular weight is 300 g/mol. The van der Waals surface area contributed by atoms with Gasteiger partial charge in [0.1, 0.15) is 0 Å². The van der Waals surface area contributed by atoms with Gasteiger partial charge in [-0.3, -0.25) is 4.79 Å². The molecule has 0 unspecified atom stereocenters. The lowest BCUT2D eigenvalue weighted by Gasteiger charge is -2.26. The van der Waals surface area contributed by atoms with Crippen molar-refractivity contribution in [3.63, 3.8) is 0 Å². The number of amides is 1. The van der Waals surface area contributed by atoms with Crippen LogP contribution in [0.15, 0.2) is 24.3 Å². The maximum absolute atomic E-state index is 12.4. The summed E-state index contributed by atoms with van der Waals surface area (Å²) in [5.74, 6) is 0.0711. The lowest BCUT2D eigenvalue weighted by molar-refractivity contribution is -0.137. The van der Waals surface area contributed by atoms with Crippen molar-refractivity contribution in [3.8, 4) is 0 Å². The monoisotopic (exact) mass is 300 g/mol. The van der Waals surface area contributed by atoms with Crippen LogP contribution in [0.25, 0.3) is 0 Å². The van der Waals surface area contributed by atoms with E-state index < -0.39 is 11.7 Å². The van der Waals surface area contributed by atoms with Crippen LogP contribution < -0.4 is 11.1 Å². The molecule has 1 amide bonds. The normalized spacial score (nSPS) is 22.9. The molecular weight excluding hydrogens is 281 g/mol. The van der Waals surface area contributed by atoms with E-state index in [2.05, 4.69) is 5.32 Å². The third-order valence-electron chi connectivity index (χ3n) is 3.92. The van der Waals surface area contributed by atoms with E-state index in [1.54, 1.807) is 0 Å². The Morgan fingerprint density at radius 1 is 1.14 bits per heavy atom. The lowest BCUT2D eigenvalue weighted by Crippen LogP contribution is -2.34. The van der Waals surface area contributed by atoms with Crippen LogP contribution in [0.1, 0.15) is 41.6 Å². The minimum absolute atomic E-state index is 0.246. The number of benzene rings is 1. The Hall–Kier alpha value is -1.56. The van der Waals surface area contributed by atoms with E-state index in [4.69, 9.17) is 5.73 Å². The predicted molar refractivity (Wildman–Crippen MR) is 73.7 cm³/mol. The molecule has 1 aromatic carbocycles. The minimum Gasteiger partial charge on any atom is -0.352 e. The Bertz CT molecular complexity index is 477. The molecule has 1 saturated carbocycles. The summed E-state index contributed by atoms with van der Waals surface area (Å²) in [6.45, 7) is 0.548. The number of carbonyl (C=O) groups is 1. The molecule has 21 heavy (non-hydrogen) atoms. The second kappa shape index (κ2) is 6.47. The van der Waals surface area contributed by atoms with Gasteiger partial charge in [0.25, 0.3) is 5.91 Å². The topological polar surface area (TPSA) is 55.1 Å². The predicted octanol–water partition coefficient (Wildman–Crippen LogP) is 2.95. The Balaban J connectivity index is 1.86. The highest BCUT2D eigenvalue weighted by Crippen LogP contribution is 2.29. The van der Waals surface area contributed by atoms with Crippen molar-refractivity contribution in [2.24, 2.45) is 11.7 Å². The molecule has 1 aliphatic carbocycles. The number of rotatable bonds is 3. The third kappa shape index (κ3) is 4.46. The van der Waals surface area contributed by atoms with Crippen LogP contribution >= 0.6 is 0 Å². The largest absolute Gasteiger partial charge is 0.416 e. The van der Waals surface area contributed by atoms with E-state index in [1.807, 2.05) is 0 Å². The van der Waals surface area contributed by atoms with Gasteiger partial charge in [-0.2, -0.15) is 13.2 Å². The van der Waals surface area contributed by atoms with Gasteiger partial charge in [0.2, 0.25) is 0 Å². The first-order valence-electron chi connectivity index (χ1n) is 7.07. The highest BCUT2D eigenvalue weighted by atomic mass is 19.4. The van der Waals surface area contributed by atoms with Gasteiger partial charge in [-0.25, -0.2) is 0 Å². The van der Waals surface area contributed by atoms with E-state index in [-0.39, 0.29) is 17.5 Å². The summed E-state index contributed by atoms with van der Waals surface area (Å²) in [5, 5.41) is 2.78. The molecular formula is C15H19F3N2O. The van der Waals surface area contributed by atoms with Gasteiger partial charge >= 0.3 is 6.18 Å². The first kappa shape index (κ1) is 15.8. The van der Waals surface area contributed by atoms with E-state index in [0.717, 1.165) is 37.8 Å². The molecule has 0 aromatic heterocycles. The molecule has 0 saturated heterocycles. The van der Waals surface area contributed by atoms with Gasteiger partial charge in [-0.15, -0.1) is 0 Å². The fraction of sp³-hybridized carbons (Fsp3) is 0.533. The molecule has 2 rings (SSSR count). The summed E-state index contributed by atoms with van der Waals surface area (Å²) in [6.07, 6.45) is -0.500. The van der Waals surface area contributed by atoms with E-state index in [1.165, 1.54) is 12.1 Å². The number of alkyl halides is 3. The summed E-state index contributed by atoms with van der Waals surface area (Å²) in [7, 11) is 0. The van der Waals surface area contributed by atoms with Crippen LogP contribution in [0.5, 0.6) is 0 Å². The molecule has 3 N–H and O–H groups in total. The van der Waals surface area contributed by atoms with Crippen LogP contribution in [0.3, 0.4) is 0 Å². The number of carbonyl (C=O) groups excluding carboxylic acids is 1. The molecule has 0 spiro atoms. The molecule has 116 valence electrons. The molecule has 0 atom stereocenters. The van der Waals surface area contributed by atoms with Gasteiger partial charge in [0.05, 0.1) is 5.56 Å². The van der Waals surface area contributed by atoms with Gasteiger partial charge in [0, 0.05) is 18.2 Å². The van der Waals surface area contributed by atoms with E-state index >= 15 is 0 Å². The van der Waals surface area contributed by atoms with Crippen molar-refractivity contribution in [3.05, 3.63) is 35.4 Å². The smallest absolute Gasteiger partial charge is 0.352 e. The first-order valence-corrected chi connectivity index (χ1v) is 7.07. The molecule has 6 heteroatoms. The second-order valence-corrected chi connectivity index (χ2v) is 5.57. The number of nitrogens with one attached hydrogen (secondary N) is 1. The Morgan fingerprint density at radius 2 is 1.71 bits per heavy atom. The molecule has 0 radical (unpaired) electrons. The molecule has 0 heterocycles. The van der Waals surface area contributed by atoms with Crippen molar-refractivity contribution < 1.29 is 18.0 Å². The van der Waals surface area contributed by atoms with Crippen LogP contribution in [0.4, 0.5) is 13.2 Å². The van der Waals surface area contributed by atoms with E-state index in [9.17, 15) is 18.0 Å². The summed E-state index contributed by atoms with van der Waals surface area (Å²) < 4.78 is 37.3. The van der Waals surface area contributed by atoms with Crippen LogP contribution in [-0.4, -0.2) is 18.5 Å². The summed E-state index contributed by atoms with van der Waals surface area (Å²) in [6, 6.07) is 4.51. The average Bonchev–Trinajstić information content (AvgIpc) is 2.45. The SMILES string of the molecule is NC1CCC(CNC(=O)c2ccc(C(F)(F)F)cc2)CC1. The maximum Gasteiger partial charge on any atom is 0.416 e. The molecule has 3 nitrogen and oxygen atoms in total. The minimum atomic E-state index is -4.38. The Morgan fingerprint density at radius 3 is 2.24 bits per heavy atom. The number of nitrogens with two attached hydrogens (primary N) is 1. The molecule has 1 fully saturated rings. The fourth-order valence-electron chi connectivity index (χ4n) is 2.54. The zero-order valence-corrected chi connectivity index (χ0v) is 11.6. The van der Waals surface area contributed by atoms with Crippen LogP contribution in [0, 0.1) is 5.92 Å². The zero-order valence-electron chi connectivity index (χ0n) is 11.6. The molecule has 1 aromatic rings. The van der Waals surface area contributed by atoms with E-state index in [0.29, 0.717) is 12.5 Å². The molecule has 0 aliphatic heterocycles. The van der Waals surface area contributed by atoms with Crippen molar-refractivity contribution in [2.75, 3.05) is 6.54 Å². The van der Waals surface area contributed by atoms with Crippen molar-refractivity contribution in [2.45, 2.75) is 37.9 Å². The van der Waals surface area contributed by atoms with Crippen molar-refractivity contribution in [1.82, 2.24) is 5.32 Å². The number of hydrogen-bond acceptors (Lipinski definition) is 2. The molecule has 1 aliphatic rings. The Labute approximate surface area is 121 Å². The first-order chi connectivity index (χ1) is 9.86. The highest BCUT2D eigenvalue weighted by molar-refractivity contribution is 5.94. The maximum atomic E-state index is 12.4. The van der Waals surface area contributed by atoms with Crippen molar-refractivity contribution in [1.29, 1.82) is 0 Å². The van der Waals surface area contributed by atoms with Gasteiger partial charge in [-0.05, 0) is 55.9 Å². The standard InChI is InChI=1S/C15H19F3N2O/c16-15(17,18)12-5-3-11(4-6-12)14(21)20-9-10-1-7-13(19)8-2-10/h3-6,10,13H,1-2,7-9,19H2,(H,20,21). The summed E-state index contributed by atoms with van der Waals surface area (Å²) >= 11 is 0. The van der Waals surface area contributed by atoms with Gasteiger partial charge in [0.15, 0.2) is 0 Å². The fourth-order valence-corrected chi connectivity index (χ4v) is 2.54. The van der Waals surface area contributed by atoms with Crippen LogP contribution in [0.2, 0.25) is 0 Å². The zero-order chi connectivity index (χ0) is 15.5. The highest BCUT2D eigenvalue weighted by Gasteiger charge is 2.30. The lowest BCUT2D eigenvalue weighted by atomic mass is 9.86. The van der Waals surface area contributed by atoms with Gasteiger partial charge < -0.3 is 11.1 Å². The number of hydrogen-bond donors (Lipinski definition) is 2. The second-order valence-electron chi connectivity index (χ2n) is 5.57. The summed E-state index contributed by atoms with van der Waals surface area (Å²) in [5.41, 5.74) is 5.31.